The zero-order valence-corrected chi connectivity index (χ0v) is 16.7. The van der Waals surface area contributed by atoms with Crippen LogP contribution in [-0.4, -0.2) is 21.2 Å². The predicted octanol–water partition coefficient (Wildman–Crippen LogP) is 4.07. The lowest BCUT2D eigenvalue weighted by Gasteiger charge is -2.09. The number of hydrogen-bond donors (Lipinski definition) is 1. The maximum absolute atomic E-state index is 12.4. The molecule has 0 aromatic heterocycles. The molecule has 148 valence electrons. The van der Waals surface area contributed by atoms with Crippen LogP contribution in [0.25, 0.3) is 6.08 Å². The molecule has 0 heterocycles. The minimum atomic E-state index is -3.53. The normalized spacial score (nSPS) is 11.5. The number of nitrogens with one attached hydrogen (secondary N) is 1. The van der Waals surface area contributed by atoms with E-state index in [0.717, 1.165) is 11.1 Å². The summed E-state index contributed by atoms with van der Waals surface area (Å²) in [6, 6.07) is 23.1. The number of allylic oxidation sites excluding steroid dienone is 1. The van der Waals surface area contributed by atoms with E-state index in [-0.39, 0.29) is 10.7 Å². The minimum Gasteiger partial charge on any atom is -0.488 e. The van der Waals surface area contributed by atoms with Gasteiger partial charge in [-0.25, -0.2) is 13.1 Å². The van der Waals surface area contributed by atoms with Crippen LogP contribution in [0.3, 0.4) is 0 Å². The minimum absolute atomic E-state index is 0.111. The molecular formula is C23H21NO4S. The number of carbonyl (C=O) groups excluding carboxylic acids is 1. The first-order valence-electron chi connectivity index (χ1n) is 9.01. The molecule has 0 aliphatic carbocycles. The molecule has 0 spiro atoms. The molecule has 0 bridgehead atoms. The third-order valence-electron chi connectivity index (χ3n) is 4.29. The standard InChI is InChI=1S/C23H21NO4S/c1-24-29(26,27)21-14-11-19(12-15-21)22(25)16-13-20-9-5-6-10-23(20)28-17-18-7-3-2-4-8-18/h2-16,24H,17H2,1H3/b16-13+. The number of ketones is 1. The summed E-state index contributed by atoms with van der Waals surface area (Å²) in [6.07, 6.45) is 3.15. The highest BCUT2D eigenvalue weighted by Gasteiger charge is 2.11. The van der Waals surface area contributed by atoms with Crippen molar-refractivity contribution in [2.45, 2.75) is 11.5 Å². The summed E-state index contributed by atoms with van der Waals surface area (Å²) in [5.74, 6) is 0.451. The lowest BCUT2D eigenvalue weighted by atomic mass is 10.1. The molecule has 3 aromatic rings. The Morgan fingerprint density at radius 1 is 0.931 bits per heavy atom. The predicted molar refractivity (Wildman–Crippen MR) is 113 cm³/mol. The van der Waals surface area contributed by atoms with E-state index in [1.165, 1.54) is 37.4 Å². The fraction of sp³-hybridized carbons (Fsp3) is 0.0870. The van der Waals surface area contributed by atoms with Crippen molar-refractivity contribution in [2.24, 2.45) is 0 Å². The quantitative estimate of drug-likeness (QED) is 0.451. The van der Waals surface area contributed by atoms with Crippen molar-refractivity contribution in [3.05, 3.63) is 102 Å². The SMILES string of the molecule is CNS(=O)(=O)c1ccc(C(=O)/C=C/c2ccccc2OCc2ccccc2)cc1. The highest BCUT2D eigenvalue weighted by molar-refractivity contribution is 7.89. The van der Waals surface area contributed by atoms with E-state index in [0.29, 0.717) is 17.9 Å². The van der Waals surface area contributed by atoms with E-state index < -0.39 is 10.0 Å². The molecule has 0 aliphatic heterocycles. The molecular weight excluding hydrogens is 386 g/mol. The molecule has 0 fully saturated rings. The third kappa shape index (κ3) is 5.40. The molecule has 0 radical (unpaired) electrons. The summed E-state index contributed by atoms with van der Waals surface area (Å²) in [5.41, 5.74) is 2.24. The van der Waals surface area contributed by atoms with Gasteiger partial charge in [-0.15, -0.1) is 0 Å². The molecule has 3 rings (SSSR count). The van der Waals surface area contributed by atoms with Crippen molar-refractivity contribution in [3.8, 4) is 5.75 Å². The van der Waals surface area contributed by atoms with Crippen molar-refractivity contribution in [1.29, 1.82) is 0 Å². The van der Waals surface area contributed by atoms with E-state index in [1.807, 2.05) is 54.6 Å². The van der Waals surface area contributed by atoms with Crippen LogP contribution in [-0.2, 0) is 16.6 Å². The highest BCUT2D eigenvalue weighted by atomic mass is 32.2. The maximum Gasteiger partial charge on any atom is 0.240 e. The van der Waals surface area contributed by atoms with E-state index in [4.69, 9.17) is 4.74 Å². The number of rotatable bonds is 8. The van der Waals surface area contributed by atoms with Gasteiger partial charge >= 0.3 is 0 Å². The summed E-state index contributed by atoms with van der Waals surface area (Å²) >= 11 is 0. The van der Waals surface area contributed by atoms with Crippen LogP contribution < -0.4 is 9.46 Å². The van der Waals surface area contributed by atoms with Crippen molar-refractivity contribution in [1.82, 2.24) is 4.72 Å². The van der Waals surface area contributed by atoms with Gasteiger partial charge in [0.1, 0.15) is 12.4 Å². The zero-order chi connectivity index (χ0) is 20.7. The molecule has 0 aliphatic rings. The van der Waals surface area contributed by atoms with Crippen LogP contribution in [0.1, 0.15) is 21.5 Å². The number of sulfonamides is 1. The average molecular weight is 407 g/mol. The summed E-state index contributed by atoms with van der Waals surface area (Å²) in [5, 5.41) is 0. The van der Waals surface area contributed by atoms with Crippen LogP contribution in [0.4, 0.5) is 0 Å². The molecule has 0 amide bonds. The first kappa shape index (κ1) is 20.5. The Labute approximate surface area is 170 Å². The number of benzene rings is 3. The van der Waals surface area contributed by atoms with Crippen molar-refractivity contribution >= 4 is 21.9 Å². The number of hydrogen-bond acceptors (Lipinski definition) is 4. The molecule has 3 aromatic carbocycles. The van der Waals surface area contributed by atoms with Gasteiger partial charge in [-0.3, -0.25) is 4.79 Å². The van der Waals surface area contributed by atoms with Crippen molar-refractivity contribution in [3.63, 3.8) is 0 Å². The largest absolute Gasteiger partial charge is 0.488 e. The van der Waals surface area contributed by atoms with Gasteiger partial charge in [0.15, 0.2) is 5.78 Å². The van der Waals surface area contributed by atoms with Gasteiger partial charge in [0, 0.05) is 11.1 Å². The smallest absolute Gasteiger partial charge is 0.240 e. The molecule has 6 heteroatoms. The summed E-state index contributed by atoms with van der Waals surface area (Å²) < 4.78 is 31.7. The van der Waals surface area contributed by atoms with E-state index in [9.17, 15) is 13.2 Å². The van der Waals surface area contributed by atoms with Crippen molar-refractivity contribution in [2.75, 3.05) is 7.05 Å². The zero-order valence-electron chi connectivity index (χ0n) is 15.9. The third-order valence-corrected chi connectivity index (χ3v) is 5.72. The van der Waals surface area contributed by atoms with Crippen LogP contribution in [0.5, 0.6) is 5.75 Å². The van der Waals surface area contributed by atoms with Crippen LogP contribution in [0.2, 0.25) is 0 Å². The van der Waals surface area contributed by atoms with Gasteiger partial charge in [0.25, 0.3) is 0 Å². The Hall–Kier alpha value is -3.22. The van der Waals surface area contributed by atoms with Gasteiger partial charge in [0.2, 0.25) is 10.0 Å². The molecule has 0 saturated carbocycles. The second kappa shape index (κ2) is 9.32. The Bertz CT molecular complexity index is 1110. The lowest BCUT2D eigenvalue weighted by Crippen LogP contribution is -2.18. The second-order valence-corrected chi connectivity index (χ2v) is 8.13. The molecule has 0 unspecified atom stereocenters. The summed E-state index contributed by atoms with van der Waals surface area (Å²) in [7, 11) is -2.18. The fourth-order valence-corrected chi connectivity index (χ4v) is 3.39. The molecule has 5 nitrogen and oxygen atoms in total. The van der Waals surface area contributed by atoms with Crippen LogP contribution >= 0.6 is 0 Å². The van der Waals surface area contributed by atoms with Crippen LogP contribution in [0.15, 0.2) is 89.8 Å². The topological polar surface area (TPSA) is 72.5 Å². The number of ether oxygens (including phenoxy) is 1. The van der Waals surface area contributed by atoms with Gasteiger partial charge in [-0.1, -0.05) is 48.5 Å². The number of carbonyl (C=O) groups is 1. The highest BCUT2D eigenvalue weighted by Crippen LogP contribution is 2.21. The Morgan fingerprint density at radius 3 is 2.28 bits per heavy atom. The molecule has 0 saturated heterocycles. The first-order chi connectivity index (χ1) is 14.0. The lowest BCUT2D eigenvalue weighted by molar-refractivity contribution is 0.104. The van der Waals surface area contributed by atoms with Gasteiger partial charge < -0.3 is 4.74 Å². The molecule has 1 N–H and O–H groups in total. The van der Waals surface area contributed by atoms with E-state index in [1.54, 1.807) is 6.08 Å². The van der Waals surface area contributed by atoms with Gasteiger partial charge in [-0.2, -0.15) is 0 Å². The van der Waals surface area contributed by atoms with E-state index >= 15 is 0 Å². The van der Waals surface area contributed by atoms with Gasteiger partial charge in [-0.05, 0) is 55.1 Å². The Morgan fingerprint density at radius 2 is 1.59 bits per heavy atom. The van der Waals surface area contributed by atoms with Crippen LogP contribution in [0, 0.1) is 0 Å². The Kier molecular flexibility index (Phi) is 6.59. The van der Waals surface area contributed by atoms with Crippen molar-refractivity contribution < 1.29 is 17.9 Å². The second-order valence-electron chi connectivity index (χ2n) is 6.24. The fourth-order valence-electron chi connectivity index (χ4n) is 2.66. The Balaban J connectivity index is 1.72. The molecule has 0 atom stereocenters. The first-order valence-corrected chi connectivity index (χ1v) is 10.5. The van der Waals surface area contributed by atoms with Gasteiger partial charge in [0.05, 0.1) is 4.90 Å². The maximum atomic E-state index is 12.4. The summed E-state index contributed by atoms with van der Waals surface area (Å²) in [6.45, 7) is 0.432. The molecule has 29 heavy (non-hydrogen) atoms. The number of para-hydroxylation sites is 1. The average Bonchev–Trinajstić information content (AvgIpc) is 2.77. The monoisotopic (exact) mass is 407 g/mol. The van der Waals surface area contributed by atoms with E-state index in [2.05, 4.69) is 4.72 Å². The summed E-state index contributed by atoms with van der Waals surface area (Å²) in [4.78, 5) is 12.6.